The van der Waals surface area contributed by atoms with E-state index in [0.29, 0.717) is 64.2 Å². The summed E-state index contributed by atoms with van der Waals surface area (Å²) in [5.41, 5.74) is 1.87. The van der Waals surface area contributed by atoms with Crippen LogP contribution in [-0.2, 0) is 0 Å². The topological polar surface area (TPSA) is 68.5 Å². The maximum Gasteiger partial charge on any atom is 0.274 e. The molecule has 0 unspecified atom stereocenters. The highest BCUT2D eigenvalue weighted by molar-refractivity contribution is 7.20. The zero-order chi connectivity index (χ0) is 22.2. The van der Waals surface area contributed by atoms with E-state index < -0.39 is 0 Å². The Morgan fingerprint density at radius 3 is 2.75 bits per heavy atom. The van der Waals surface area contributed by atoms with Crippen molar-refractivity contribution in [1.29, 1.82) is 0 Å². The number of fused-ring (bicyclic) bond motifs is 1. The smallest absolute Gasteiger partial charge is 0.274 e. The van der Waals surface area contributed by atoms with E-state index in [1.54, 1.807) is 24.0 Å². The Morgan fingerprint density at radius 2 is 2.00 bits per heavy atom. The summed E-state index contributed by atoms with van der Waals surface area (Å²) in [6.07, 6.45) is 1.21. The van der Waals surface area contributed by atoms with Crippen LogP contribution in [0.2, 0.25) is 5.02 Å². The van der Waals surface area contributed by atoms with Gasteiger partial charge in [-0.15, -0.1) is 0 Å². The van der Waals surface area contributed by atoms with Gasteiger partial charge in [-0.05, 0) is 25.1 Å². The molecule has 5 rings (SSSR count). The number of carbonyl (C=O) groups is 1. The van der Waals surface area contributed by atoms with Crippen molar-refractivity contribution in [3.8, 4) is 16.5 Å². The van der Waals surface area contributed by atoms with Crippen LogP contribution in [0, 0.1) is 12.7 Å². The molecule has 1 aliphatic rings. The van der Waals surface area contributed by atoms with Gasteiger partial charge in [-0.25, -0.2) is 4.39 Å². The number of rotatable bonds is 4. The molecule has 9 heteroatoms. The third-order valence-electron chi connectivity index (χ3n) is 5.55. The van der Waals surface area contributed by atoms with Gasteiger partial charge in [0.2, 0.25) is 0 Å². The Morgan fingerprint density at radius 1 is 1.22 bits per heavy atom. The third kappa shape index (κ3) is 3.84. The summed E-state index contributed by atoms with van der Waals surface area (Å²) >= 11 is 7.64. The highest BCUT2D eigenvalue weighted by atomic mass is 35.5. The number of likely N-dealkylation sites (tertiary alicyclic amines) is 1. The molecule has 1 saturated heterocycles. The summed E-state index contributed by atoms with van der Waals surface area (Å²) in [6.45, 7) is 2.77. The van der Waals surface area contributed by atoms with Gasteiger partial charge < -0.3 is 14.2 Å². The van der Waals surface area contributed by atoms with E-state index in [1.807, 2.05) is 24.3 Å². The van der Waals surface area contributed by atoms with Crippen LogP contribution in [0.15, 0.2) is 47.0 Å². The minimum atomic E-state index is -0.354. The Balaban J connectivity index is 1.29. The number of aromatic nitrogens is 2. The molecular formula is C23H19ClFN3O3S. The van der Waals surface area contributed by atoms with Crippen LogP contribution in [0.1, 0.15) is 29.0 Å². The number of hydrogen-bond acceptors (Lipinski definition) is 6. The van der Waals surface area contributed by atoms with E-state index >= 15 is 0 Å². The van der Waals surface area contributed by atoms with Gasteiger partial charge in [0.15, 0.2) is 0 Å². The van der Waals surface area contributed by atoms with E-state index in [4.69, 9.17) is 20.9 Å². The second-order valence-electron chi connectivity index (χ2n) is 7.62. The molecule has 1 fully saturated rings. The third-order valence-corrected chi connectivity index (χ3v) is 6.79. The number of thiazole rings is 1. The molecule has 0 radical (unpaired) electrons. The van der Waals surface area contributed by atoms with Crippen LogP contribution in [0.25, 0.3) is 21.5 Å². The Kier molecular flexibility index (Phi) is 5.57. The summed E-state index contributed by atoms with van der Waals surface area (Å²) < 4.78 is 26.0. The monoisotopic (exact) mass is 471 g/mol. The number of aryl methyl sites for hydroxylation is 1. The number of nitrogens with zero attached hydrogens (tertiary/aromatic N) is 3. The second kappa shape index (κ2) is 8.52. The van der Waals surface area contributed by atoms with Gasteiger partial charge in [-0.2, -0.15) is 4.98 Å². The normalized spacial score (nSPS) is 14.8. The highest BCUT2D eigenvalue weighted by Gasteiger charge is 2.30. The summed E-state index contributed by atoms with van der Waals surface area (Å²) in [6, 6.07) is 12.1. The van der Waals surface area contributed by atoms with E-state index in [9.17, 15) is 9.18 Å². The number of carbonyl (C=O) groups excluding carboxylic acids is 1. The van der Waals surface area contributed by atoms with Gasteiger partial charge >= 0.3 is 0 Å². The number of halogens is 2. The molecule has 0 bridgehead atoms. The zero-order valence-electron chi connectivity index (χ0n) is 17.2. The van der Waals surface area contributed by atoms with Crippen LogP contribution in [0.4, 0.5) is 4.39 Å². The van der Waals surface area contributed by atoms with Crippen LogP contribution < -0.4 is 4.74 Å². The lowest BCUT2D eigenvalue weighted by Gasteiger charge is -2.31. The van der Waals surface area contributed by atoms with Crippen molar-refractivity contribution in [3.63, 3.8) is 0 Å². The van der Waals surface area contributed by atoms with Crippen LogP contribution in [0.3, 0.4) is 0 Å². The number of benzene rings is 2. The lowest BCUT2D eigenvalue weighted by molar-refractivity contribution is 0.0594. The molecule has 0 spiro atoms. The molecule has 0 saturated carbocycles. The number of amides is 1. The molecule has 2 aromatic carbocycles. The Labute approximate surface area is 192 Å². The Hall–Kier alpha value is -2.97. The van der Waals surface area contributed by atoms with Gasteiger partial charge in [0, 0.05) is 31.5 Å². The van der Waals surface area contributed by atoms with Crippen molar-refractivity contribution >= 4 is 39.1 Å². The predicted octanol–water partition coefficient (Wildman–Crippen LogP) is 5.74. The zero-order valence-corrected chi connectivity index (χ0v) is 18.8. The predicted molar refractivity (Wildman–Crippen MR) is 121 cm³/mol. The summed E-state index contributed by atoms with van der Waals surface area (Å²) in [4.78, 5) is 19.3. The van der Waals surface area contributed by atoms with Crippen molar-refractivity contribution in [2.75, 3.05) is 13.1 Å². The largest absolute Gasteiger partial charge is 0.467 e. The fraction of sp³-hybridized carbons (Fsp3) is 0.261. The first-order chi connectivity index (χ1) is 15.5. The van der Waals surface area contributed by atoms with Crippen LogP contribution in [0.5, 0.6) is 5.19 Å². The molecule has 2 aromatic heterocycles. The van der Waals surface area contributed by atoms with Crippen LogP contribution in [-0.4, -0.2) is 40.1 Å². The fourth-order valence-corrected chi connectivity index (χ4v) is 5.00. The minimum Gasteiger partial charge on any atom is -0.467 e. The molecule has 1 aliphatic heterocycles. The number of para-hydroxylation sites is 1. The second-order valence-corrected chi connectivity index (χ2v) is 9.02. The van der Waals surface area contributed by atoms with E-state index in [-0.39, 0.29) is 17.8 Å². The average Bonchev–Trinajstić information content (AvgIpc) is 3.38. The number of ether oxygens (including phenoxy) is 1. The maximum absolute atomic E-state index is 13.9. The maximum atomic E-state index is 13.9. The molecule has 6 nitrogen and oxygen atoms in total. The van der Waals surface area contributed by atoms with E-state index in [2.05, 4.69) is 10.1 Å². The molecule has 0 atom stereocenters. The highest BCUT2D eigenvalue weighted by Crippen LogP contribution is 2.33. The van der Waals surface area contributed by atoms with Gasteiger partial charge in [-0.1, -0.05) is 52.4 Å². The molecule has 164 valence electrons. The van der Waals surface area contributed by atoms with Gasteiger partial charge in [0.25, 0.3) is 11.1 Å². The molecule has 1 amide bonds. The minimum absolute atomic E-state index is 0.0886. The van der Waals surface area contributed by atoms with Gasteiger partial charge in [-0.3, -0.25) is 4.79 Å². The van der Waals surface area contributed by atoms with Crippen molar-refractivity contribution < 1.29 is 18.4 Å². The number of hydrogen-bond donors (Lipinski definition) is 0. The summed E-state index contributed by atoms with van der Waals surface area (Å²) in [5, 5.41) is 5.05. The van der Waals surface area contributed by atoms with Gasteiger partial charge in [0.05, 0.1) is 9.72 Å². The van der Waals surface area contributed by atoms with Crippen molar-refractivity contribution in [1.82, 2.24) is 15.0 Å². The van der Waals surface area contributed by atoms with E-state index in [1.165, 1.54) is 17.4 Å². The van der Waals surface area contributed by atoms with Crippen LogP contribution >= 0.6 is 22.9 Å². The molecule has 3 heterocycles. The summed E-state index contributed by atoms with van der Waals surface area (Å²) in [7, 11) is 0. The first-order valence-corrected chi connectivity index (χ1v) is 11.4. The van der Waals surface area contributed by atoms with Crippen molar-refractivity contribution in [3.05, 3.63) is 64.6 Å². The first kappa shape index (κ1) is 20.9. The molecular weight excluding hydrogens is 453 g/mol. The van der Waals surface area contributed by atoms with Gasteiger partial charge in [0.1, 0.15) is 34.5 Å². The number of piperidine rings is 1. The van der Waals surface area contributed by atoms with E-state index in [0.717, 1.165) is 4.70 Å². The Bertz CT molecular complexity index is 1300. The SMILES string of the molecule is Cc1onc(-c2ccccc2Cl)c1C(=O)N1CCC(Oc2nc3c(F)cccc3s2)CC1. The molecule has 0 aliphatic carbocycles. The molecule has 0 N–H and O–H groups in total. The van der Waals surface area contributed by atoms with Crippen molar-refractivity contribution in [2.24, 2.45) is 0 Å². The first-order valence-electron chi connectivity index (χ1n) is 10.2. The van der Waals surface area contributed by atoms with Crippen molar-refractivity contribution in [2.45, 2.75) is 25.9 Å². The lowest BCUT2D eigenvalue weighted by Crippen LogP contribution is -2.42. The molecule has 32 heavy (non-hydrogen) atoms. The average molecular weight is 472 g/mol. The quantitative estimate of drug-likeness (QED) is 0.380. The lowest BCUT2D eigenvalue weighted by atomic mass is 10.0. The summed E-state index contributed by atoms with van der Waals surface area (Å²) in [5.74, 6) is -0.0357. The standard InChI is InChI=1S/C23H19ClFN3O3S/c1-13-19(20(27-31-13)15-5-2-3-6-16(15)24)22(29)28-11-9-14(10-12-28)30-23-26-21-17(25)7-4-8-18(21)32-23/h2-8,14H,9-12H2,1H3. The molecule has 4 aromatic rings. The fourth-order valence-electron chi connectivity index (χ4n) is 3.88.